The first-order valence-electron chi connectivity index (χ1n) is 10.5. The summed E-state index contributed by atoms with van der Waals surface area (Å²) in [5.74, 6) is 0.709. The highest BCUT2D eigenvalue weighted by Gasteiger charge is 2.28. The van der Waals surface area contributed by atoms with Crippen LogP contribution in [0.1, 0.15) is 29.9 Å². The maximum Gasteiger partial charge on any atom is 0.257 e. The lowest BCUT2D eigenvalue weighted by Gasteiger charge is -2.41. The molecule has 2 aromatic heterocycles. The van der Waals surface area contributed by atoms with Gasteiger partial charge >= 0.3 is 0 Å². The van der Waals surface area contributed by atoms with Crippen LogP contribution in [0.5, 0.6) is 0 Å². The van der Waals surface area contributed by atoms with E-state index in [0.29, 0.717) is 34.1 Å². The number of hydrogen-bond acceptors (Lipinski definition) is 5. The number of piperazine rings is 1. The van der Waals surface area contributed by atoms with Gasteiger partial charge in [0.2, 0.25) is 0 Å². The summed E-state index contributed by atoms with van der Waals surface area (Å²) in [6, 6.07) is 15.7. The average Bonchev–Trinajstić information content (AvgIpc) is 2.78. The molecule has 3 heterocycles. The molecule has 1 aliphatic rings. The quantitative estimate of drug-likeness (QED) is 0.332. The normalized spacial score (nSPS) is 19.1. The Hall–Kier alpha value is -2.23. The third-order valence-corrected chi connectivity index (χ3v) is 7.85. The minimum absolute atomic E-state index is 0.199. The number of aromatic nitrogens is 2. The van der Waals surface area contributed by atoms with Crippen molar-refractivity contribution in [1.82, 2.24) is 13.1 Å². The van der Waals surface area contributed by atoms with Crippen molar-refractivity contribution in [2.24, 2.45) is 0 Å². The van der Waals surface area contributed by atoms with Crippen molar-refractivity contribution in [3.8, 4) is 11.3 Å². The molecule has 1 amide bonds. The van der Waals surface area contributed by atoms with Crippen LogP contribution in [0.25, 0.3) is 11.3 Å². The van der Waals surface area contributed by atoms with Crippen LogP contribution in [-0.2, 0) is 0 Å². The SMILES string of the molecule is Cc1nc(N2C[C@@H](C)N(I)[C@@H](C)C2)ccc1C(=O)Nc1ccc(Cl)c(-c2ccccn2)c1. The smallest absolute Gasteiger partial charge is 0.257 e. The molecular weight excluding hydrogens is 537 g/mol. The molecule has 0 bridgehead atoms. The molecule has 0 saturated carbocycles. The Balaban J connectivity index is 1.52. The number of anilines is 2. The van der Waals surface area contributed by atoms with E-state index in [1.165, 1.54) is 0 Å². The number of nitrogens with zero attached hydrogens (tertiary/aromatic N) is 4. The minimum atomic E-state index is -0.199. The Morgan fingerprint density at radius 1 is 1.12 bits per heavy atom. The van der Waals surface area contributed by atoms with Gasteiger partial charge in [0.25, 0.3) is 5.91 Å². The summed E-state index contributed by atoms with van der Waals surface area (Å²) in [6.45, 7) is 8.13. The van der Waals surface area contributed by atoms with Gasteiger partial charge < -0.3 is 10.2 Å². The molecule has 0 radical (unpaired) electrons. The van der Waals surface area contributed by atoms with Gasteiger partial charge in [0.05, 0.1) is 22.0 Å². The van der Waals surface area contributed by atoms with E-state index >= 15 is 0 Å². The summed E-state index contributed by atoms with van der Waals surface area (Å²) >= 11 is 8.76. The molecule has 32 heavy (non-hydrogen) atoms. The van der Waals surface area contributed by atoms with Gasteiger partial charge in [-0.25, -0.2) is 8.10 Å². The fourth-order valence-corrected chi connectivity index (χ4v) is 4.54. The fraction of sp³-hybridized carbons (Fsp3) is 0.292. The zero-order chi connectivity index (χ0) is 22.8. The molecular formula is C24H25ClIN5O. The Morgan fingerprint density at radius 3 is 2.53 bits per heavy atom. The summed E-state index contributed by atoms with van der Waals surface area (Å²) in [4.78, 5) is 24.4. The van der Waals surface area contributed by atoms with Crippen molar-refractivity contribution in [1.29, 1.82) is 0 Å². The minimum Gasteiger partial charge on any atom is -0.353 e. The highest BCUT2D eigenvalue weighted by molar-refractivity contribution is 14.1. The van der Waals surface area contributed by atoms with Gasteiger partial charge in [0, 0.05) is 65.5 Å². The highest BCUT2D eigenvalue weighted by Crippen LogP contribution is 2.30. The Morgan fingerprint density at radius 2 is 1.88 bits per heavy atom. The van der Waals surface area contributed by atoms with E-state index in [4.69, 9.17) is 16.6 Å². The second kappa shape index (κ2) is 9.72. The summed E-state index contributed by atoms with van der Waals surface area (Å²) in [5.41, 5.74) is 3.44. The van der Waals surface area contributed by atoms with Gasteiger partial charge in [-0.1, -0.05) is 17.7 Å². The summed E-state index contributed by atoms with van der Waals surface area (Å²) in [5, 5.41) is 3.55. The molecule has 6 nitrogen and oxygen atoms in total. The van der Waals surface area contributed by atoms with E-state index in [2.05, 4.69) is 55.0 Å². The first-order chi connectivity index (χ1) is 15.3. The maximum absolute atomic E-state index is 13.0. The standard InChI is InChI=1S/C24H25ClIN5O/c1-15-13-30(14-16(2)31(15)26)23-10-8-19(17(3)28-23)24(32)29-18-7-9-21(25)20(12-18)22-6-4-5-11-27-22/h4-12,15-16H,13-14H2,1-3H3,(H,29,32)/t15-,16+. The molecule has 4 rings (SSSR count). The third kappa shape index (κ3) is 4.89. The van der Waals surface area contributed by atoms with E-state index in [1.807, 2.05) is 43.3 Å². The number of nitrogens with one attached hydrogen (secondary N) is 1. The molecule has 1 N–H and O–H groups in total. The molecule has 3 aromatic rings. The molecule has 0 unspecified atom stereocenters. The number of rotatable bonds is 4. The topological polar surface area (TPSA) is 61.4 Å². The van der Waals surface area contributed by atoms with E-state index in [1.54, 1.807) is 18.3 Å². The van der Waals surface area contributed by atoms with E-state index < -0.39 is 0 Å². The van der Waals surface area contributed by atoms with Crippen molar-refractivity contribution < 1.29 is 4.79 Å². The zero-order valence-electron chi connectivity index (χ0n) is 18.2. The Kier molecular flexibility index (Phi) is 6.97. The summed E-state index contributed by atoms with van der Waals surface area (Å²) < 4.78 is 2.36. The fourth-order valence-electron chi connectivity index (χ4n) is 3.97. The van der Waals surface area contributed by atoms with Crippen molar-refractivity contribution in [3.05, 3.63) is 71.0 Å². The lowest BCUT2D eigenvalue weighted by Crippen LogP contribution is -2.52. The number of benzene rings is 1. The number of pyridine rings is 2. The third-order valence-electron chi connectivity index (χ3n) is 5.62. The van der Waals surface area contributed by atoms with Gasteiger partial charge in [-0.2, -0.15) is 0 Å². The van der Waals surface area contributed by atoms with Gasteiger partial charge in [-0.3, -0.25) is 9.78 Å². The van der Waals surface area contributed by atoms with Crippen LogP contribution in [0.3, 0.4) is 0 Å². The Labute approximate surface area is 207 Å². The molecule has 166 valence electrons. The number of carbonyl (C=O) groups excluding carboxylic acids is 1. The first-order valence-corrected chi connectivity index (χ1v) is 11.9. The van der Waals surface area contributed by atoms with Crippen LogP contribution in [0.15, 0.2) is 54.7 Å². The number of carbonyl (C=O) groups is 1. The number of amides is 1. The predicted octanol–water partition coefficient (Wildman–Crippen LogP) is 5.61. The predicted molar refractivity (Wildman–Crippen MR) is 139 cm³/mol. The number of hydrogen-bond donors (Lipinski definition) is 1. The Bertz CT molecular complexity index is 1110. The lowest BCUT2D eigenvalue weighted by molar-refractivity contribution is 0.102. The lowest BCUT2D eigenvalue weighted by atomic mass is 10.1. The molecule has 1 fully saturated rings. The van der Waals surface area contributed by atoms with Crippen molar-refractivity contribution in [3.63, 3.8) is 0 Å². The molecule has 1 aliphatic heterocycles. The zero-order valence-corrected chi connectivity index (χ0v) is 21.1. The maximum atomic E-state index is 13.0. The van der Waals surface area contributed by atoms with Crippen LogP contribution in [0.4, 0.5) is 11.5 Å². The van der Waals surface area contributed by atoms with Crippen molar-refractivity contribution >= 4 is 51.9 Å². The first kappa shape index (κ1) is 22.9. The molecule has 0 aliphatic carbocycles. The van der Waals surface area contributed by atoms with Crippen molar-refractivity contribution in [2.45, 2.75) is 32.9 Å². The number of halogens is 2. The van der Waals surface area contributed by atoms with Gasteiger partial charge in [0.15, 0.2) is 0 Å². The van der Waals surface area contributed by atoms with Crippen LogP contribution < -0.4 is 10.2 Å². The molecule has 1 saturated heterocycles. The summed E-state index contributed by atoms with van der Waals surface area (Å²) in [7, 11) is 0. The van der Waals surface area contributed by atoms with E-state index in [0.717, 1.165) is 30.2 Å². The molecule has 8 heteroatoms. The molecule has 0 spiro atoms. The monoisotopic (exact) mass is 561 g/mol. The number of aryl methyl sites for hydroxylation is 1. The largest absolute Gasteiger partial charge is 0.353 e. The second-order valence-corrected chi connectivity index (χ2v) is 9.63. The van der Waals surface area contributed by atoms with Crippen LogP contribution in [0, 0.1) is 6.92 Å². The average molecular weight is 562 g/mol. The second-order valence-electron chi connectivity index (χ2n) is 8.11. The molecule has 1 aromatic carbocycles. The van der Waals surface area contributed by atoms with Crippen LogP contribution in [-0.4, -0.2) is 44.2 Å². The van der Waals surface area contributed by atoms with Crippen LogP contribution in [0.2, 0.25) is 5.02 Å². The van der Waals surface area contributed by atoms with Crippen LogP contribution >= 0.6 is 34.5 Å². The molecule has 2 atom stereocenters. The van der Waals surface area contributed by atoms with Gasteiger partial charge in [-0.15, -0.1) is 0 Å². The summed E-state index contributed by atoms with van der Waals surface area (Å²) in [6.07, 6.45) is 1.72. The van der Waals surface area contributed by atoms with Crippen molar-refractivity contribution in [2.75, 3.05) is 23.3 Å². The van der Waals surface area contributed by atoms with Gasteiger partial charge in [0.1, 0.15) is 5.82 Å². The van der Waals surface area contributed by atoms with E-state index in [9.17, 15) is 4.79 Å². The highest BCUT2D eigenvalue weighted by atomic mass is 127. The van der Waals surface area contributed by atoms with Gasteiger partial charge in [-0.05, 0) is 63.2 Å². The van der Waals surface area contributed by atoms with E-state index in [-0.39, 0.29) is 5.91 Å².